The van der Waals surface area contributed by atoms with E-state index in [1.807, 2.05) is 6.92 Å². The summed E-state index contributed by atoms with van der Waals surface area (Å²) in [4.78, 5) is 27.0. The summed E-state index contributed by atoms with van der Waals surface area (Å²) in [5, 5.41) is 9.43. The van der Waals surface area contributed by atoms with Gasteiger partial charge in [0.05, 0.1) is 18.6 Å². The van der Waals surface area contributed by atoms with Crippen LogP contribution in [0.5, 0.6) is 0 Å². The van der Waals surface area contributed by atoms with Crippen molar-refractivity contribution < 1.29 is 23.9 Å². The quantitative estimate of drug-likeness (QED) is 0.307. The van der Waals surface area contributed by atoms with E-state index in [0.29, 0.717) is 4.91 Å². The molecule has 0 saturated carbocycles. The van der Waals surface area contributed by atoms with Gasteiger partial charge in [-0.2, -0.15) is 0 Å². The van der Waals surface area contributed by atoms with Crippen LogP contribution in [0.1, 0.15) is 27.7 Å². The molecule has 0 aromatic carbocycles. The Labute approximate surface area is 160 Å². The van der Waals surface area contributed by atoms with Crippen LogP contribution in [0.3, 0.4) is 0 Å². The monoisotopic (exact) mass is 399 g/mol. The summed E-state index contributed by atoms with van der Waals surface area (Å²) in [6.45, 7) is 16.0. The van der Waals surface area contributed by atoms with E-state index in [4.69, 9.17) is 9.16 Å². The smallest absolute Gasteiger partial charge is 0.356 e. The molecule has 2 rings (SSSR count). The average molecular weight is 400 g/mol. The Hall–Kier alpha value is -1.09. The molecule has 2 aliphatic rings. The highest BCUT2D eigenvalue weighted by Crippen LogP contribution is 2.51. The number of hydrogen-bond acceptors (Lipinski definition) is 6. The lowest BCUT2D eigenvalue weighted by Crippen LogP contribution is -2.62. The Kier molecular flexibility index (Phi) is 6.12. The van der Waals surface area contributed by atoms with Crippen LogP contribution >= 0.6 is 11.8 Å². The molecule has 0 bridgehead atoms. The van der Waals surface area contributed by atoms with Gasteiger partial charge in [0, 0.05) is 4.91 Å². The predicted molar refractivity (Wildman–Crippen MR) is 105 cm³/mol. The third-order valence-electron chi connectivity index (χ3n) is 5.31. The van der Waals surface area contributed by atoms with Crippen LogP contribution in [-0.2, 0) is 18.8 Å². The lowest BCUT2D eigenvalue weighted by Gasteiger charge is -2.48. The third-order valence-corrected chi connectivity index (χ3v) is 11.2. The van der Waals surface area contributed by atoms with Crippen molar-refractivity contribution >= 4 is 32.0 Å². The second-order valence-electron chi connectivity index (χ2n) is 8.14. The number of esters is 1. The molecule has 0 aromatic rings. The summed E-state index contributed by atoms with van der Waals surface area (Å²) in [5.74, 6) is -1.09. The molecule has 0 unspecified atom stereocenters. The molecule has 26 heavy (non-hydrogen) atoms. The number of nitrogens with zero attached hydrogens (tertiary/aromatic N) is 1. The lowest BCUT2D eigenvalue weighted by molar-refractivity contribution is -0.157. The number of fused-ring (bicyclic) bond motifs is 1. The average Bonchev–Trinajstić information content (AvgIpc) is 2.85. The molecule has 0 aliphatic carbocycles. The molecule has 0 aromatic heterocycles. The van der Waals surface area contributed by atoms with Crippen LogP contribution in [0, 0.1) is 5.92 Å². The first-order valence-corrected chi connectivity index (χ1v) is 12.5. The molecule has 1 saturated heterocycles. The van der Waals surface area contributed by atoms with Crippen molar-refractivity contribution in [3.63, 3.8) is 0 Å². The summed E-state index contributed by atoms with van der Waals surface area (Å²) < 4.78 is 11.5. The first-order chi connectivity index (χ1) is 12.0. The molecule has 1 amide bonds. The van der Waals surface area contributed by atoms with E-state index >= 15 is 0 Å². The van der Waals surface area contributed by atoms with Gasteiger partial charge in [0.2, 0.25) is 5.91 Å². The fourth-order valence-electron chi connectivity index (χ4n) is 2.86. The van der Waals surface area contributed by atoms with Gasteiger partial charge < -0.3 is 14.3 Å². The number of hydrogen-bond donors (Lipinski definition) is 1. The Morgan fingerprint density at radius 2 is 2.08 bits per heavy atom. The van der Waals surface area contributed by atoms with Crippen LogP contribution in [0.15, 0.2) is 23.3 Å². The number of carbonyl (C=O) groups excluding carboxylic acids is 2. The van der Waals surface area contributed by atoms with Crippen molar-refractivity contribution in [3.8, 4) is 0 Å². The first-order valence-electron chi connectivity index (χ1n) is 8.76. The van der Waals surface area contributed by atoms with Crippen molar-refractivity contribution in [1.82, 2.24) is 4.90 Å². The summed E-state index contributed by atoms with van der Waals surface area (Å²) in [6.07, 6.45) is 1.22. The van der Waals surface area contributed by atoms with E-state index < -0.39 is 14.3 Å². The SMILES string of the molecule is C=CCOC(=O)C1=C(CO)S[C@H]2[C@@H]([C@@H](C)O[Si](C)(C)C(C)(C)C)C(=O)N12. The van der Waals surface area contributed by atoms with Gasteiger partial charge in [0.1, 0.15) is 17.7 Å². The van der Waals surface area contributed by atoms with Gasteiger partial charge in [-0.1, -0.05) is 45.2 Å². The van der Waals surface area contributed by atoms with Crippen LogP contribution in [0.2, 0.25) is 18.1 Å². The maximum absolute atomic E-state index is 12.8. The topological polar surface area (TPSA) is 76.1 Å². The molecule has 1 N–H and O–H groups in total. The maximum Gasteiger partial charge on any atom is 0.356 e. The van der Waals surface area contributed by atoms with Crippen LogP contribution in [0.4, 0.5) is 0 Å². The Balaban J connectivity index is 2.14. The molecule has 0 radical (unpaired) electrons. The normalized spacial score (nSPS) is 24.3. The van der Waals surface area contributed by atoms with Crippen molar-refractivity contribution in [3.05, 3.63) is 23.3 Å². The van der Waals surface area contributed by atoms with E-state index in [1.165, 1.54) is 22.7 Å². The number of amides is 1. The molecule has 146 valence electrons. The highest BCUT2D eigenvalue weighted by Gasteiger charge is 2.59. The summed E-state index contributed by atoms with van der Waals surface area (Å²) >= 11 is 1.35. The third kappa shape index (κ3) is 3.65. The summed E-state index contributed by atoms with van der Waals surface area (Å²) in [6, 6.07) is 0. The predicted octanol–water partition coefficient (Wildman–Crippen LogP) is 2.86. The fraction of sp³-hybridized carbons (Fsp3) is 0.667. The highest BCUT2D eigenvalue weighted by atomic mass is 32.2. The molecule has 6 nitrogen and oxygen atoms in total. The summed E-state index contributed by atoms with van der Waals surface area (Å²) in [7, 11) is -2.01. The Morgan fingerprint density at radius 1 is 1.46 bits per heavy atom. The number of ether oxygens (including phenoxy) is 1. The first kappa shape index (κ1) is 21.2. The molecule has 2 aliphatic heterocycles. The van der Waals surface area contributed by atoms with Crippen molar-refractivity contribution in [2.75, 3.05) is 13.2 Å². The van der Waals surface area contributed by atoms with E-state index in [2.05, 4.69) is 40.4 Å². The molecular weight excluding hydrogens is 370 g/mol. The fourth-order valence-corrected chi connectivity index (χ4v) is 5.75. The van der Waals surface area contributed by atoms with E-state index in [9.17, 15) is 14.7 Å². The number of carbonyl (C=O) groups is 2. The maximum atomic E-state index is 12.8. The minimum atomic E-state index is -2.01. The zero-order chi connectivity index (χ0) is 19.9. The van der Waals surface area contributed by atoms with Crippen molar-refractivity contribution in [1.29, 1.82) is 0 Å². The highest BCUT2D eigenvalue weighted by molar-refractivity contribution is 8.04. The number of aliphatic hydroxyl groups is 1. The van der Waals surface area contributed by atoms with Crippen molar-refractivity contribution in [2.45, 2.75) is 57.3 Å². The molecule has 3 atom stereocenters. The summed E-state index contributed by atoms with van der Waals surface area (Å²) in [5.41, 5.74) is 0.158. The zero-order valence-corrected chi connectivity index (χ0v) is 18.2. The standard InChI is InChI=1S/C18H29NO5SSi/c1-8-9-23-17(22)14-12(10-20)25-16-13(15(21)19(14)16)11(2)24-26(6,7)18(3,4)5/h8,11,13,16,20H,1,9-10H2,2-7H3/t11-,13+,16+/m1/s1. The van der Waals surface area contributed by atoms with E-state index in [-0.39, 0.29) is 47.3 Å². The van der Waals surface area contributed by atoms with Gasteiger partial charge in [-0.05, 0) is 25.1 Å². The van der Waals surface area contributed by atoms with E-state index in [1.54, 1.807) is 0 Å². The van der Waals surface area contributed by atoms with Gasteiger partial charge in [-0.25, -0.2) is 4.79 Å². The number of β-lactam (4-membered cyclic amide) rings is 1. The van der Waals surface area contributed by atoms with Gasteiger partial charge in [0.25, 0.3) is 0 Å². The Bertz CT molecular complexity index is 640. The largest absolute Gasteiger partial charge is 0.457 e. The molecule has 1 fully saturated rings. The van der Waals surface area contributed by atoms with Crippen LogP contribution < -0.4 is 0 Å². The second kappa shape index (κ2) is 7.50. The molecule has 2 heterocycles. The number of aliphatic hydroxyl groups excluding tert-OH is 1. The molecular formula is C18H29NO5SSi. The lowest BCUT2D eigenvalue weighted by atomic mass is 9.92. The number of rotatable bonds is 7. The minimum Gasteiger partial charge on any atom is -0.457 e. The zero-order valence-electron chi connectivity index (χ0n) is 16.4. The van der Waals surface area contributed by atoms with Gasteiger partial charge in [0.15, 0.2) is 8.32 Å². The Morgan fingerprint density at radius 3 is 2.58 bits per heavy atom. The molecule has 8 heteroatoms. The van der Waals surface area contributed by atoms with Gasteiger partial charge in [-0.3, -0.25) is 9.69 Å². The van der Waals surface area contributed by atoms with Gasteiger partial charge in [-0.15, -0.1) is 0 Å². The van der Waals surface area contributed by atoms with Gasteiger partial charge >= 0.3 is 5.97 Å². The second-order valence-corrected chi connectivity index (χ2v) is 14.1. The van der Waals surface area contributed by atoms with Crippen LogP contribution in [-0.4, -0.2) is 54.9 Å². The van der Waals surface area contributed by atoms with E-state index in [0.717, 1.165) is 0 Å². The molecule has 0 spiro atoms. The van der Waals surface area contributed by atoms with Crippen molar-refractivity contribution in [2.24, 2.45) is 5.92 Å². The minimum absolute atomic E-state index is 0.0464. The number of thioether (sulfide) groups is 1. The van der Waals surface area contributed by atoms with Crippen LogP contribution in [0.25, 0.3) is 0 Å².